The highest BCUT2D eigenvalue weighted by atomic mass is 32.2. The number of hydrogen-bond donors (Lipinski definition) is 20. The Kier molecular flexibility index (Phi) is 39.6. The highest BCUT2D eigenvalue weighted by Crippen LogP contribution is 2.28. The van der Waals surface area contributed by atoms with Crippen molar-refractivity contribution in [3.63, 3.8) is 0 Å². The molecule has 5 heterocycles. The summed E-state index contributed by atoms with van der Waals surface area (Å²) in [6.45, 7) is 4.22. The number of aromatic nitrogens is 2. The second-order valence-electron chi connectivity index (χ2n) is 33.4. The summed E-state index contributed by atoms with van der Waals surface area (Å²) >= 11 is 2.08. The molecule has 1 unspecified atom stereocenters. The Morgan fingerprint density at radius 1 is 0.550 bits per heavy atom. The maximum atomic E-state index is 15.7. The normalized spacial score (nSPS) is 24.6. The number of aliphatic hydroxyl groups excluding tert-OH is 1. The molecular weight excluding hydrogens is 1740 g/mol. The second-order valence-corrected chi connectivity index (χ2v) is 35.4. The molecule has 3 fully saturated rings. The quantitative estimate of drug-likeness (QED) is 0.0154. The lowest BCUT2D eigenvalue weighted by Gasteiger charge is -2.36. The third kappa shape index (κ3) is 29.2. The number of fused-ring (bicyclic) bond motifs is 4. The molecular formula is C87H125N23O19S2. The summed E-state index contributed by atoms with van der Waals surface area (Å²) in [7, 11) is 3.91. The number of amides is 17. The van der Waals surface area contributed by atoms with Crippen molar-refractivity contribution in [1.29, 1.82) is 5.41 Å². The largest absolute Gasteiger partial charge is 0.508 e. The summed E-state index contributed by atoms with van der Waals surface area (Å²) in [6.07, 6.45) is 4.60. The van der Waals surface area contributed by atoms with Gasteiger partial charge in [-0.2, -0.15) is 11.8 Å². The van der Waals surface area contributed by atoms with Gasteiger partial charge in [-0.15, -0.1) is 11.8 Å². The zero-order chi connectivity index (χ0) is 96.0. The molecule has 8 rings (SSSR count). The average Bonchev–Trinajstić information content (AvgIpc) is 1.56. The molecule has 0 radical (unpaired) electrons. The van der Waals surface area contributed by atoms with Gasteiger partial charge in [0, 0.05) is 107 Å². The van der Waals surface area contributed by atoms with Crippen molar-refractivity contribution < 1.29 is 91.7 Å². The van der Waals surface area contributed by atoms with Crippen LogP contribution in [0.4, 0.5) is 0 Å². The SMILES string of the molecule is CCCC[C@H]1C(=O)N(C)[C@@H](CCSC)C(=O)N[C@@H](CCCNC(=N)N)C(=O)NC(C(=O)NCC(N)=O)CSCC(=O)N[C@@H](Cc2ccc(O)cc2)C(=O)N(C)[C@@H](C)C(=O)N[C@@H](CC(N)=O)C(=O)N2CCC[C@H]2C(=O)N[C@@H](CN)C(=O)N[C@@H](CC(C)C)C(=O)N2CCC[C@H]2C(=O)N[C@@H](Cc2c[nH]c3ccccc23)C(=O)N[C@@H](CO)C(=O)N[C@@H](Cc2c[nH]c3ccccc23)C(=O)N1C. The zero-order valence-electron chi connectivity index (χ0n) is 74.9. The molecule has 0 spiro atoms. The third-order valence-electron chi connectivity index (χ3n) is 23.3. The first-order chi connectivity index (χ1) is 62.4. The number of benzene rings is 3. The summed E-state index contributed by atoms with van der Waals surface area (Å²) in [4.78, 5) is 260. The van der Waals surface area contributed by atoms with Crippen LogP contribution in [0.1, 0.15) is 121 Å². The Labute approximate surface area is 767 Å². The number of nitrogens with one attached hydrogen (secondary N) is 14. The minimum absolute atomic E-state index is 0.00195. The maximum Gasteiger partial charge on any atom is 0.246 e. The number of thioether (sulfide) groups is 2. The van der Waals surface area contributed by atoms with E-state index < -0.39 is 229 Å². The Morgan fingerprint density at radius 2 is 1.06 bits per heavy atom. The number of phenolic OH excluding ortho intramolecular Hbond substituents is 1. The smallest absolute Gasteiger partial charge is 0.246 e. The van der Waals surface area contributed by atoms with Crippen LogP contribution in [0.15, 0.2) is 85.2 Å². The molecule has 3 aliphatic heterocycles. The monoisotopic (exact) mass is 1860 g/mol. The highest BCUT2D eigenvalue weighted by molar-refractivity contribution is 8.00. The van der Waals surface area contributed by atoms with Crippen molar-refractivity contribution in [2.75, 3.05) is 84.0 Å². The van der Waals surface area contributed by atoms with Gasteiger partial charge >= 0.3 is 0 Å². The van der Waals surface area contributed by atoms with Crippen molar-refractivity contribution in [3.05, 3.63) is 102 Å². The predicted molar refractivity (Wildman–Crippen MR) is 489 cm³/mol. The molecule has 24 N–H and O–H groups in total. The van der Waals surface area contributed by atoms with E-state index in [-0.39, 0.29) is 114 Å². The molecule has 3 saturated heterocycles. The van der Waals surface area contributed by atoms with E-state index in [0.717, 1.165) is 31.4 Å². The van der Waals surface area contributed by atoms with Crippen LogP contribution < -0.4 is 81.4 Å². The van der Waals surface area contributed by atoms with Gasteiger partial charge < -0.3 is 126 Å². The van der Waals surface area contributed by atoms with Crippen LogP contribution in [0.2, 0.25) is 0 Å². The number of unbranched alkanes of at least 4 members (excludes halogenated alkanes) is 1. The van der Waals surface area contributed by atoms with Crippen molar-refractivity contribution >= 4 is 152 Å². The van der Waals surface area contributed by atoms with Crippen molar-refractivity contribution in [2.24, 2.45) is 28.9 Å². The van der Waals surface area contributed by atoms with Gasteiger partial charge in [-0.1, -0.05) is 82.1 Å². The van der Waals surface area contributed by atoms with Gasteiger partial charge in [0.05, 0.1) is 25.3 Å². The number of rotatable bonds is 25. The molecule has 42 nitrogen and oxygen atoms in total. The average molecular weight is 1860 g/mol. The molecule has 17 amide bonds. The number of aromatic amines is 2. The second kappa shape index (κ2) is 50.0. The van der Waals surface area contributed by atoms with Crippen LogP contribution in [0, 0.1) is 11.3 Å². The number of likely N-dealkylation sites (N-methyl/N-ethyl adjacent to an activating group) is 3. The summed E-state index contributed by atoms with van der Waals surface area (Å²) in [5, 5.41) is 59.5. The van der Waals surface area contributed by atoms with E-state index in [1.54, 1.807) is 81.0 Å². The van der Waals surface area contributed by atoms with Gasteiger partial charge in [-0.25, -0.2) is 0 Å². The van der Waals surface area contributed by atoms with Crippen LogP contribution in [0.25, 0.3) is 21.8 Å². The van der Waals surface area contributed by atoms with E-state index in [9.17, 15) is 58.2 Å². The summed E-state index contributed by atoms with van der Waals surface area (Å²) in [6, 6.07) is -1.45. The lowest BCUT2D eigenvalue weighted by Crippen LogP contribution is -2.62. The van der Waals surface area contributed by atoms with Crippen LogP contribution in [-0.4, -0.2) is 320 Å². The van der Waals surface area contributed by atoms with E-state index in [2.05, 4.69) is 68.5 Å². The zero-order valence-corrected chi connectivity index (χ0v) is 76.5. The summed E-state index contributed by atoms with van der Waals surface area (Å²) in [5.74, 6) is -17.2. The molecule has 14 atom stereocenters. The molecule has 0 saturated carbocycles. The lowest BCUT2D eigenvalue weighted by atomic mass is 10.0. The fraction of sp³-hybridized carbons (Fsp3) is 0.540. The van der Waals surface area contributed by atoms with Crippen LogP contribution >= 0.6 is 23.5 Å². The number of aliphatic hydroxyl groups is 1. The molecule has 0 aliphatic carbocycles. The minimum Gasteiger partial charge on any atom is -0.508 e. The topological polar surface area (TPSA) is 639 Å². The Hall–Kier alpha value is -12.6. The number of carbonyl (C=O) groups excluding carboxylic acids is 17. The number of nitrogens with two attached hydrogens (primary N) is 4. The number of primary amides is 2. The van der Waals surface area contributed by atoms with Gasteiger partial charge in [-0.3, -0.25) is 86.9 Å². The standard InChI is InChI=1S/C87H125N23O19S2/c1-9-10-23-69-86(129)107(6)66(30-34-130-8)79(122)98-57(22-15-31-93-87(91)92)75(118)105-65(74(117)96-43-71(90)114)45-131-46-72(115)97-60(36-49-26-28-52(112)29-27-49)82(125)106(5)48(4)73(116)100-62(39-70(89)113)85(128)110-33-17-25-68(110)81(124)103-63(40-88)77(120)101-59(35-47(2)3)84(127)109-32-16-24-67(109)80(123)99-58(37-50-41-94-55-20-13-11-18-53(50)55)76(119)104-64(44-111)78(121)102-61(83(126)108(69)7)38-51-42-95-56-21-14-12-19-54(51)56/h11-14,18-21,26-29,41-42,47-48,57-69,94-95,111-112H,9-10,15-17,22-25,30-40,43-46,88H2,1-8H3,(H2,89,113)(H2,90,114)(H,96,117)(H,97,115)(H,98,122)(H,99,123)(H,100,116)(H,101,120)(H,102,121)(H,103,124)(H,104,119)(H,105,118)(H4,91,92,93)/t48-,57-,58-,59-,60-,61-,62-,63-,64-,65?,66-,67-,68-,69-/m0/s1. The first-order valence-electron chi connectivity index (χ1n) is 43.7. The number of nitrogens with zero attached hydrogens (tertiary/aromatic N) is 5. The third-order valence-corrected chi connectivity index (χ3v) is 25.0. The van der Waals surface area contributed by atoms with E-state index in [1.165, 1.54) is 69.0 Å². The van der Waals surface area contributed by atoms with E-state index in [1.807, 2.05) is 6.92 Å². The number of para-hydroxylation sites is 2. The van der Waals surface area contributed by atoms with Crippen LogP contribution in [0.5, 0.6) is 5.75 Å². The number of phenols is 1. The van der Waals surface area contributed by atoms with Crippen LogP contribution in [-0.2, 0) is 101 Å². The van der Waals surface area contributed by atoms with Gasteiger partial charge in [-0.05, 0) is 124 Å². The van der Waals surface area contributed by atoms with Crippen molar-refractivity contribution in [3.8, 4) is 5.75 Å². The van der Waals surface area contributed by atoms with Gasteiger partial charge in [0.25, 0.3) is 0 Å². The number of guanidine groups is 1. The Morgan fingerprint density at radius 3 is 1.63 bits per heavy atom. The number of carbonyl (C=O) groups is 17. The van der Waals surface area contributed by atoms with E-state index in [0.29, 0.717) is 51.3 Å². The van der Waals surface area contributed by atoms with Gasteiger partial charge in [0.2, 0.25) is 100 Å². The molecule has 3 aromatic carbocycles. The van der Waals surface area contributed by atoms with Crippen molar-refractivity contribution in [1.82, 2.24) is 93.0 Å². The number of hydrogen-bond acceptors (Lipinski definition) is 23. The summed E-state index contributed by atoms with van der Waals surface area (Å²) < 4.78 is 0. The molecule has 131 heavy (non-hydrogen) atoms. The van der Waals surface area contributed by atoms with Gasteiger partial charge in [0.1, 0.15) is 90.3 Å². The van der Waals surface area contributed by atoms with Crippen molar-refractivity contribution in [2.45, 2.75) is 209 Å². The lowest BCUT2D eigenvalue weighted by molar-refractivity contribution is -0.149. The fourth-order valence-corrected chi connectivity index (χ4v) is 17.3. The van der Waals surface area contributed by atoms with Crippen LogP contribution in [0.3, 0.4) is 0 Å². The molecule has 714 valence electrons. The first-order valence-corrected chi connectivity index (χ1v) is 46.2. The molecule has 44 heteroatoms. The van der Waals surface area contributed by atoms with E-state index in [4.69, 9.17) is 28.3 Å². The summed E-state index contributed by atoms with van der Waals surface area (Å²) in [5.41, 5.74) is 25.7. The predicted octanol–water partition coefficient (Wildman–Crippen LogP) is -3.34. The number of H-pyrrole nitrogens is 2. The van der Waals surface area contributed by atoms with E-state index >= 15 is 33.6 Å². The fourth-order valence-electron chi connectivity index (χ4n) is 16.0. The Balaban J connectivity index is 1.18. The molecule has 5 aromatic rings. The highest BCUT2D eigenvalue weighted by Gasteiger charge is 2.45. The number of aromatic hydroxyl groups is 1. The Bertz CT molecular complexity index is 4920. The molecule has 3 aliphatic rings. The van der Waals surface area contributed by atoms with Gasteiger partial charge in [0.15, 0.2) is 5.96 Å². The minimum atomic E-state index is -1.85. The first kappa shape index (κ1) is 104. The molecule has 2 aromatic heterocycles. The maximum absolute atomic E-state index is 15.7. The molecule has 0 bridgehead atoms.